The second kappa shape index (κ2) is 18.6. The van der Waals surface area contributed by atoms with E-state index in [4.69, 9.17) is 26.8 Å². The molecule has 6 N–H and O–H groups in total. The van der Waals surface area contributed by atoms with Gasteiger partial charge in [0.25, 0.3) is 0 Å². The maximum absolute atomic E-state index is 13.3. The fraction of sp³-hybridized carbons (Fsp3) is 0.208. The number of alkyl halides is 4. The van der Waals surface area contributed by atoms with Crippen LogP contribution in [0.15, 0.2) is 109 Å². The predicted molar refractivity (Wildman–Crippen MR) is 243 cm³/mol. The van der Waals surface area contributed by atoms with Gasteiger partial charge < -0.3 is 49.8 Å². The fourth-order valence-corrected chi connectivity index (χ4v) is 7.76. The molecule has 2 amide bonds. The van der Waals surface area contributed by atoms with Crippen LogP contribution >= 0.6 is 11.6 Å². The number of carbonyl (C=O) groups excluding carboxylic acids is 2. The van der Waals surface area contributed by atoms with E-state index >= 15 is 0 Å². The van der Waals surface area contributed by atoms with Crippen molar-refractivity contribution in [1.29, 1.82) is 0 Å². The minimum absolute atomic E-state index is 0.0422. The zero-order valence-electron chi connectivity index (χ0n) is 36.6. The molecule has 10 rings (SSSR count). The quantitative estimate of drug-likeness (QED) is 0.0436. The second-order valence-electron chi connectivity index (χ2n) is 16.6. The Morgan fingerprint density at radius 1 is 0.586 bits per heavy atom. The molecule has 360 valence electrons. The lowest BCUT2D eigenvalue weighted by Crippen LogP contribution is -2.30. The van der Waals surface area contributed by atoms with Crippen molar-refractivity contribution in [3.8, 4) is 34.3 Å². The van der Waals surface area contributed by atoms with Crippen LogP contribution in [-0.2, 0) is 20.4 Å². The van der Waals surface area contributed by atoms with Crippen molar-refractivity contribution in [3.05, 3.63) is 148 Å². The number of anilines is 2. The lowest BCUT2D eigenvalue weighted by molar-refractivity contribution is -0.287. The van der Waals surface area contributed by atoms with Crippen molar-refractivity contribution in [2.45, 2.75) is 63.0 Å². The van der Waals surface area contributed by atoms with Gasteiger partial charge in [-0.2, -0.15) is 0 Å². The zero-order valence-corrected chi connectivity index (χ0v) is 37.4. The SMILES string of the molecule is Cc1ccc(NC(=O)C2(c3ccc4c(c3)OC(F)(F)O4)CC2)nc1-c1cccc(C(=O)O)c1.Cc1ccc(NC(=O)C2(c3ccc4c(c3)OC(F)(F)O4)CC2)nc1Cl.O=C(O)c1cccc(B(O)O)c1. The van der Waals surface area contributed by atoms with Gasteiger partial charge in [0.05, 0.1) is 27.7 Å². The summed E-state index contributed by atoms with van der Waals surface area (Å²) >= 11 is 5.97. The number of fused-ring (bicyclic) bond motifs is 2. The maximum atomic E-state index is 13.3. The molecule has 2 aliphatic carbocycles. The third kappa shape index (κ3) is 10.5. The number of aromatic nitrogens is 2. The molecule has 0 saturated heterocycles. The van der Waals surface area contributed by atoms with E-state index in [2.05, 4.69) is 39.5 Å². The third-order valence-electron chi connectivity index (χ3n) is 11.7. The van der Waals surface area contributed by atoms with Crippen LogP contribution in [0.3, 0.4) is 0 Å². The Bertz CT molecular complexity index is 3080. The molecule has 0 spiro atoms. The number of halogens is 5. The molecule has 70 heavy (non-hydrogen) atoms. The molecule has 4 aromatic carbocycles. The Morgan fingerprint density at radius 2 is 1.04 bits per heavy atom. The van der Waals surface area contributed by atoms with Gasteiger partial charge in [-0.05, 0) is 128 Å². The molecule has 2 aromatic heterocycles. The summed E-state index contributed by atoms with van der Waals surface area (Å²) < 4.78 is 70.8. The average Bonchev–Trinajstić information content (AvgIpc) is 4.24. The molecular formula is C48H38BClF4N4O12. The van der Waals surface area contributed by atoms with E-state index in [0.717, 1.165) is 11.1 Å². The highest BCUT2D eigenvalue weighted by Crippen LogP contribution is 2.53. The van der Waals surface area contributed by atoms with Gasteiger partial charge in [-0.25, -0.2) is 19.6 Å². The average molecular weight is 985 g/mol. The molecule has 4 aliphatic rings. The Kier molecular flexibility index (Phi) is 13.0. The Hall–Kier alpha value is -7.75. The Morgan fingerprint density at radius 3 is 1.51 bits per heavy atom. The molecule has 0 unspecified atom stereocenters. The lowest BCUT2D eigenvalue weighted by atomic mass is 9.80. The highest BCUT2D eigenvalue weighted by atomic mass is 35.5. The third-order valence-corrected chi connectivity index (χ3v) is 12.1. The van der Waals surface area contributed by atoms with Crippen LogP contribution < -0.4 is 35.0 Å². The van der Waals surface area contributed by atoms with Gasteiger partial charge in [-0.1, -0.05) is 60.1 Å². The first-order chi connectivity index (χ1) is 33.1. The van der Waals surface area contributed by atoms with Gasteiger partial charge in [0.15, 0.2) is 23.0 Å². The summed E-state index contributed by atoms with van der Waals surface area (Å²) in [6.45, 7) is 3.65. The Balaban J connectivity index is 0.000000156. The summed E-state index contributed by atoms with van der Waals surface area (Å²) in [5, 5.41) is 41.0. The van der Waals surface area contributed by atoms with Crippen molar-refractivity contribution < 1.29 is 75.9 Å². The van der Waals surface area contributed by atoms with Crippen LogP contribution in [0.25, 0.3) is 11.3 Å². The smallest absolute Gasteiger partial charge is 0.478 e. The highest BCUT2D eigenvalue weighted by Gasteiger charge is 2.54. The number of aromatic carboxylic acids is 2. The van der Waals surface area contributed by atoms with Gasteiger partial charge >= 0.3 is 31.6 Å². The van der Waals surface area contributed by atoms with Crippen molar-refractivity contribution in [2.24, 2.45) is 0 Å². The molecule has 16 nitrogen and oxygen atoms in total. The second-order valence-corrected chi connectivity index (χ2v) is 16.9. The van der Waals surface area contributed by atoms with Crippen molar-refractivity contribution in [1.82, 2.24) is 9.97 Å². The summed E-state index contributed by atoms with van der Waals surface area (Å²) in [5.74, 6) is -2.35. The number of carboxylic acid groups (broad SMARTS) is 2. The van der Waals surface area contributed by atoms with Crippen LogP contribution in [-0.4, -0.2) is 73.7 Å². The lowest BCUT2D eigenvalue weighted by Gasteiger charge is -2.17. The first-order valence-corrected chi connectivity index (χ1v) is 21.5. The number of carboxylic acids is 2. The van der Waals surface area contributed by atoms with Gasteiger partial charge in [0.1, 0.15) is 16.8 Å². The zero-order chi connectivity index (χ0) is 50.3. The van der Waals surface area contributed by atoms with E-state index in [9.17, 15) is 41.8 Å². The molecule has 0 bridgehead atoms. The predicted octanol–water partition coefficient (Wildman–Crippen LogP) is 7.85. The molecule has 2 aliphatic heterocycles. The number of aryl methyl sites for hydroxylation is 2. The monoisotopic (exact) mass is 984 g/mol. The largest absolute Gasteiger partial charge is 0.586 e. The van der Waals surface area contributed by atoms with Crippen molar-refractivity contribution >= 4 is 59.6 Å². The number of nitrogens with zero attached hydrogens (tertiary/aromatic N) is 2. The molecule has 4 heterocycles. The van der Waals surface area contributed by atoms with Crippen molar-refractivity contribution in [2.75, 3.05) is 10.6 Å². The summed E-state index contributed by atoms with van der Waals surface area (Å²) in [6, 6.07) is 27.5. The number of carbonyl (C=O) groups is 4. The minimum Gasteiger partial charge on any atom is -0.478 e. The number of amides is 2. The highest BCUT2D eigenvalue weighted by molar-refractivity contribution is 6.58. The Labute approximate surface area is 399 Å². The fourth-order valence-electron chi connectivity index (χ4n) is 7.60. The van der Waals surface area contributed by atoms with Crippen LogP contribution in [0.1, 0.15) is 68.7 Å². The van der Waals surface area contributed by atoms with E-state index in [1.807, 2.05) is 13.8 Å². The summed E-state index contributed by atoms with van der Waals surface area (Å²) in [4.78, 5) is 56.2. The molecule has 2 fully saturated rings. The van der Waals surface area contributed by atoms with E-state index in [0.29, 0.717) is 64.9 Å². The van der Waals surface area contributed by atoms with E-state index in [1.165, 1.54) is 60.7 Å². The van der Waals surface area contributed by atoms with E-state index in [1.54, 1.807) is 48.5 Å². The molecule has 6 aromatic rings. The van der Waals surface area contributed by atoms with Gasteiger partial charge in [-0.15, -0.1) is 17.6 Å². The molecular weight excluding hydrogens is 947 g/mol. The maximum Gasteiger partial charge on any atom is 0.586 e. The summed E-state index contributed by atoms with van der Waals surface area (Å²) in [7, 11) is -1.62. The number of ether oxygens (including phenoxy) is 4. The number of rotatable bonds is 10. The van der Waals surface area contributed by atoms with Crippen LogP contribution in [0.2, 0.25) is 5.15 Å². The van der Waals surface area contributed by atoms with Gasteiger partial charge in [0.2, 0.25) is 11.8 Å². The standard InChI is InChI=1S/C24H18F2N2O5.C17H13ClF2N2O3.C7H7BO4/c1-13-5-8-19(27-20(13)14-3-2-4-15(11-14)21(29)30)28-22(31)23(9-10-23)16-6-7-17-18(12-16)33-24(25,26)32-17;1-9-2-5-13(21-14(9)18)22-15(23)16(6-7-16)10-3-4-11-12(8-10)25-17(19,20)24-11;9-7(10)5-2-1-3-6(4-5)8(11)12/h2-8,11-12H,9-10H2,1H3,(H,29,30)(H,27,28,31);2-5,8H,6-7H2,1H3,(H,21,22,23);1-4,11-12H,(H,9,10). The first kappa shape index (κ1) is 48.7. The number of hydrogen-bond acceptors (Lipinski definition) is 12. The van der Waals surface area contributed by atoms with Gasteiger partial charge in [0, 0.05) is 5.56 Å². The number of benzene rings is 4. The summed E-state index contributed by atoms with van der Waals surface area (Å²) in [6.07, 6.45) is -5.09. The number of nitrogens with one attached hydrogen (secondary N) is 2. The first-order valence-electron chi connectivity index (χ1n) is 21.1. The molecule has 22 heteroatoms. The molecule has 0 radical (unpaired) electrons. The van der Waals surface area contributed by atoms with Crippen LogP contribution in [0.5, 0.6) is 23.0 Å². The van der Waals surface area contributed by atoms with E-state index < -0.39 is 42.5 Å². The number of pyridine rings is 2. The van der Waals surface area contributed by atoms with Crippen LogP contribution in [0, 0.1) is 13.8 Å². The van der Waals surface area contributed by atoms with E-state index in [-0.39, 0.29) is 51.4 Å². The van der Waals surface area contributed by atoms with Crippen LogP contribution in [0.4, 0.5) is 29.2 Å². The number of hydrogen-bond donors (Lipinski definition) is 6. The summed E-state index contributed by atoms with van der Waals surface area (Å²) in [5.41, 5.74) is 2.63. The molecule has 2 saturated carbocycles. The van der Waals surface area contributed by atoms with Crippen molar-refractivity contribution in [3.63, 3.8) is 0 Å². The topological polar surface area (TPSA) is 236 Å². The minimum atomic E-state index is -3.72. The van der Waals surface area contributed by atoms with Gasteiger partial charge in [-0.3, -0.25) is 9.59 Å². The molecule has 0 atom stereocenters. The normalized spacial score (nSPS) is 16.2.